The van der Waals surface area contributed by atoms with E-state index in [0.29, 0.717) is 18.5 Å². The topological polar surface area (TPSA) is 58.2 Å². The summed E-state index contributed by atoms with van der Waals surface area (Å²) < 4.78 is 0. The van der Waals surface area contributed by atoms with Gasteiger partial charge in [0.15, 0.2) is 0 Å². The first-order chi connectivity index (χ1) is 7.27. The van der Waals surface area contributed by atoms with Gasteiger partial charge < -0.3 is 10.6 Å². The van der Waals surface area contributed by atoms with Crippen LogP contribution >= 0.6 is 0 Å². The van der Waals surface area contributed by atoms with Gasteiger partial charge in [-0.2, -0.15) is 0 Å². The van der Waals surface area contributed by atoms with Crippen LogP contribution in [0.25, 0.3) is 0 Å². The zero-order valence-corrected chi connectivity index (χ0v) is 8.19. The van der Waals surface area contributed by atoms with E-state index in [1.54, 1.807) is 24.3 Å². The second kappa shape index (κ2) is 4.13. The Balaban J connectivity index is 2.01. The van der Waals surface area contributed by atoms with Crippen molar-refractivity contribution in [2.24, 2.45) is 0 Å². The fraction of sp³-hybridized carbons (Fsp3) is 0.273. The monoisotopic (exact) mass is 204 g/mol. The van der Waals surface area contributed by atoms with E-state index < -0.39 is 0 Å². The van der Waals surface area contributed by atoms with Gasteiger partial charge in [-0.1, -0.05) is 18.2 Å². The third-order valence-electron chi connectivity index (χ3n) is 2.39. The van der Waals surface area contributed by atoms with Gasteiger partial charge in [0, 0.05) is 12.1 Å². The molecule has 4 nitrogen and oxygen atoms in total. The van der Waals surface area contributed by atoms with Gasteiger partial charge in [-0.05, 0) is 18.6 Å². The molecule has 15 heavy (non-hydrogen) atoms. The molecule has 0 bridgehead atoms. The normalized spacial score (nSPS) is 19.7. The highest BCUT2D eigenvalue weighted by Gasteiger charge is 2.25. The van der Waals surface area contributed by atoms with Crippen molar-refractivity contribution in [1.29, 1.82) is 0 Å². The lowest BCUT2D eigenvalue weighted by Crippen LogP contribution is -2.40. The van der Waals surface area contributed by atoms with Crippen LogP contribution in [0.3, 0.4) is 0 Å². The van der Waals surface area contributed by atoms with Crippen LogP contribution in [0.15, 0.2) is 30.3 Å². The molecule has 0 radical (unpaired) electrons. The molecule has 0 saturated carbocycles. The van der Waals surface area contributed by atoms with Gasteiger partial charge in [-0.3, -0.25) is 9.59 Å². The quantitative estimate of drug-likeness (QED) is 0.728. The Morgan fingerprint density at radius 2 is 2.07 bits per heavy atom. The van der Waals surface area contributed by atoms with Crippen LogP contribution in [-0.2, 0) is 4.79 Å². The van der Waals surface area contributed by atoms with Crippen LogP contribution in [-0.4, -0.2) is 24.4 Å². The van der Waals surface area contributed by atoms with Crippen molar-refractivity contribution in [1.82, 2.24) is 10.6 Å². The minimum Gasteiger partial charge on any atom is -0.354 e. The first-order valence-electron chi connectivity index (χ1n) is 4.91. The summed E-state index contributed by atoms with van der Waals surface area (Å²) in [7, 11) is 0. The molecule has 1 aromatic carbocycles. The van der Waals surface area contributed by atoms with Crippen molar-refractivity contribution in [3.63, 3.8) is 0 Å². The Hall–Kier alpha value is -1.84. The van der Waals surface area contributed by atoms with Crippen LogP contribution in [0.4, 0.5) is 0 Å². The zero-order chi connectivity index (χ0) is 10.7. The Morgan fingerprint density at radius 3 is 2.67 bits per heavy atom. The van der Waals surface area contributed by atoms with Crippen molar-refractivity contribution >= 4 is 11.8 Å². The van der Waals surface area contributed by atoms with Crippen molar-refractivity contribution in [3.8, 4) is 0 Å². The molecule has 1 saturated heterocycles. The van der Waals surface area contributed by atoms with E-state index in [1.807, 2.05) is 6.07 Å². The fourth-order valence-corrected chi connectivity index (χ4v) is 1.56. The van der Waals surface area contributed by atoms with Crippen molar-refractivity contribution in [3.05, 3.63) is 35.9 Å². The summed E-state index contributed by atoms with van der Waals surface area (Å²) >= 11 is 0. The molecule has 2 amide bonds. The number of carbonyl (C=O) groups excluding carboxylic acids is 2. The van der Waals surface area contributed by atoms with E-state index >= 15 is 0 Å². The lowest BCUT2D eigenvalue weighted by atomic mass is 10.2. The van der Waals surface area contributed by atoms with Crippen LogP contribution < -0.4 is 10.6 Å². The van der Waals surface area contributed by atoms with E-state index in [2.05, 4.69) is 10.6 Å². The Kier molecular flexibility index (Phi) is 2.67. The van der Waals surface area contributed by atoms with Crippen molar-refractivity contribution < 1.29 is 9.59 Å². The second-order valence-electron chi connectivity index (χ2n) is 3.47. The summed E-state index contributed by atoms with van der Waals surface area (Å²) in [6.07, 6.45) is 0.664. The van der Waals surface area contributed by atoms with E-state index in [9.17, 15) is 9.59 Å². The van der Waals surface area contributed by atoms with Gasteiger partial charge in [0.05, 0.1) is 0 Å². The number of amides is 2. The largest absolute Gasteiger partial charge is 0.354 e. The lowest BCUT2D eigenvalue weighted by Gasteiger charge is -2.09. The molecule has 0 aliphatic carbocycles. The summed E-state index contributed by atoms with van der Waals surface area (Å²) in [5.74, 6) is -0.295. The standard InChI is InChI=1S/C11H12N2O2/c14-10(8-4-2-1-3-5-8)13-9-6-7-12-11(9)15/h1-5,9H,6-7H2,(H,12,15)(H,13,14). The Bertz CT molecular complexity index is 375. The van der Waals surface area contributed by atoms with Crippen molar-refractivity contribution in [2.45, 2.75) is 12.5 Å². The molecule has 1 fully saturated rings. The summed E-state index contributed by atoms with van der Waals surface area (Å²) in [5, 5.41) is 5.37. The molecule has 2 rings (SSSR count). The zero-order valence-electron chi connectivity index (χ0n) is 8.19. The SMILES string of the molecule is O=C(NC1CCNC1=O)c1ccccc1. The minimum absolute atomic E-state index is 0.0979. The predicted octanol–water partition coefficient (Wildman–Crippen LogP) is 0.305. The molecule has 78 valence electrons. The number of carbonyl (C=O) groups is 2. The molecule has 1 aromatic rings. The predicted molar refractivity (Wildman–Crippen MR) is 55.3 cm³/mol. The summed E-state index contributed by atoms with van der Waals surface area (Å²) in [6, 6.07) is 8.51. The average Bonchev–Trinajstić information content (AvgIpc) is 2.66. The molecule has 0 spiro atoms. The van der Waals surface area contributed by atoms with Gasteiger partial charge in [-0.25, -0.2) is 0 Å². The van der Waals surface area contributed by atoms with Gasteiger partial charge in [0.2, 0.25) is 5.91 Å². The van der Waals surface area contributed by atoms with Gasteiger partial charge in [-0.15, -0.1) is 0 Å². The van der Waals surface area contributed by atoms with Crippen LogP contribution in [0.1, 0.15) is 16.8 Å². The number of benzene rings is 1. The molecule has 0 aromatic heterocycles. The average molecular weight is 204 g/mol. The third-order valence-corrected chi connectivity index (χ3v) is 2.39. The summed E-state index contributed by atoms with van der Waals surface area (Å²) in [5.41, 5.74) is 0.581. The Morgan fingerprint density at radius 1 is 1.33 bits per heavy atom. The first kappa shape index (κ1) is 9.71. The number of rotatable bonds is 2. The molecule has 4 heteroatoms. The van der Waals surface area contributed by atoms with Gasteiger partial charge in [0.25, 0.3) is 5.91 Å². The smallest absolute Gasteiger partial charge is 0.251 e. The minimum atomic E-state index is -0.377. The highest BCUT2D eigenvalue weighted by molar-refractivity contribution is 5.97. The first-order valence-corrected chi connectivity index (χ1v) is 4.91. The van der Waals surface area contributed by atoms with E-state index in [1.165, 1.54) is 0 Å². The van der Waals surface area contributed by atoms with Crippen LogP contribution in [0.5, 0.6) is 0 Å². The summed E-state index contributed by atoms with van der Waals surface area (Å²) in [6.45, 7) is 0.637. The lowest BCUT2D eigenvalue weighted by molar-refractivity contribution is -0.120. The number of nitrogens with one attached hydrogen (secondary N) is 2. The molecular formula is C11H12N2O2. The van der Waals surface area contributed by atoms with Crippen LogP contribution in [0.2, 0.25) is 0 Å². The van der Waals surface area contributed by atoms with Crippen molar-refractivity contribution in [2.75, 3.05) is 6.54 Å². The number of hydrogen-bond acceptors (Lipinski definition) is 2. The highest BCUT2D eigenvalue weighted by Crippen LogP contribution is 2.03. The van der Waals surface area contributed by atoms with E-state index in [4.69, 9.17) is 0 Å². The highest BCUT2D eigenvalue weighted by atomic mass is 16.2. The third kappa shape index (κ3) is 2.15. The van der Waals surface area contributed by atoms with E-state index in [-0.39, 0.29) is 17.9 Å². The molecule has 1 atom stereocenters. The fourth-order valence-electron chi connectivity index (χ4n) is 1.56. The molecule has 1 aliphatic heterocycles. The molecule has 1 unspecified atom stereocenters. The van der Waals surface area contributed by atoms with Crippen LogP contribution in [0, 0.1) is 0 Å². The maximum Gasteiger partial charge on any atom is 0.251 e. The molecule has 1 heterocycles. The van der Waals surface area contributed by atoms with Gasteiger partial charge >= 0.3 is 0 Å². The molecule has 1 aliphatic rings. The van der Waals surface area contributed by atoms with E-state index in [0.717, 1.165) is 0 Å². The van der Waals surface area contributed by atoms with Gasteiger partial charge in [0.1, 0.15) is 6.04 Å². The molecular weight excluding hydrogens is 192 g/mol. The molecule has 2 N–H and O–H groups in total. The second-order valence-corrected chi connectivity index (χ2v) is 3.47. The Labute approximate surface area is 87.7 Å². The number of hydrogen-bond donors (Lipinski definition) is 2. The summed E-state index contributed by atoms with van der Waals surface area (Å²) in [4.78, 5) is 22.9. The maximum atomic E-state index is 11.7. The maximum absolute atomic E-state index is 11.7.